The van der Waals surface area contributed by atoms with Crippen molar-refractivity contribution < 1.29 is 4.58 Å². The van der Waals surface area contributed by atoms with Crippen molar-refractivity contribution in [1.29, 1.82) is 0 Å². The molecule has 9 heavy (non-hydrogen) atoms. The Bertz CT molecular complexity index is 211. The van der Waals surface area contributed by atoms with Crippen molar-refractivity contribution in [1.82, 2.24) is 0 Å². The normalized spacial score (nSPS) is 23.1. The first-order valence-electron chi connectivity index (χ1n) is 3.28. The van der Waals surface area contributed by atoms with Crippen LogP contribution in [-0.2, 0) is 0 Å². The fraction of sp³-hybridized carbons (Fsp3) is 0.429. The molecule has 2 rings (SSSR count). The highest BCUT2D eigenvalue weighted by atomic mass is 15.1. The molecule has 0 saturated heterocycles. The van der Waals surface area contributed by atoms with Crippen molar-refractivity contribution >= 4 is 12.1 Å². The first kappa shape index (κ1) is 4.91. The van der Waals surface area contributed by atoms with Crippen molar-refractivity contribution in [3.63, 3.8) is 0 Å². The molecular formula is C7H9N2+. The zero-order valence-corrected chi connectivity index (χ0v) is 5.25. The summed E-state index contributed by atoms with van der Waals surface area (Å²) in [6.07, 6.45) is 7.57. The number of aliphatic imine (C=N–C) groups is 1. The van der Waals surface area contributed by atoms with Crippen LogP contribution in [0.2, 0.25) is 0 Å². The van der Waals surface area contributed by atoms with Gasteiger partial charge in [-0.25, -0.2) is 4.58 Å². The highest BCUT2D eigenvalue weighted by Gasteiger charge is 2.18. The third kappa shape index (κ3) is 0.707. The molecule has 2 aliphatic heterocycles. The summed E-state index contributed by atoms with van der Waals surface area (Å²) < 4.78 is 2.21. The van der Waals surface area contributed by atoms with Crippen LogP contribution in [0.15, 0.2) is 17.1 Å². The van der Waals surface area contributed by atoms with Gasteiger partial charge in [0.2, 0.25) is 0 Å². The van der Waals surface area contributed by atoms with Crippen molar-refractivity contribution in [3.8, 4) is 0 Å². The maximum absolute atomic E-state index is 4.26. The highest BCUT2D eigenvalue weighted by molar-refractivity contribution is 5.92. The SMILES string of the molecule is C1=CC2=NCC=[N+]2CC1. The smallest absolute Gasteiger partial charge is 0.231 e. The Hall–Kier alpha value is -0.920. The number of fused-ring (bicyclic) bond motifs is 1. The summed E-state index contributed by atoms with van der Waals surface area (Å²) in [5.41, 5.74) is 0. The summed E-state index contributed by atoms with van der Waals surface area (Å²) in [5.74, 6) is 1.14. The monoisotopic (exact) mass is 121 g/mol. The summed E-state index contributed by atoms with van der Waals surface area (Å²) in [6.45, 7) is 2.00. The minimum Gasteiger partial charge on any atom is -0.231 e. The fourth-order valence-electron chi connectivity index (χ4n) is 1.17. The zero-order valence-electron chi connectivity index (χ0n) is 5.25. The number of rotatable bonds is 0. The first-order chi connectivity index (χ1) is 4.47. The van der Waals surface area contributed by atoms with E-state index in [1.54, 1.807) is 0 Å². The van der Waals surface area contributed by atoms with Crippen LogP contribution >= 0.6 is 0 Å². The first-order valence-corrected chi connectivity index (χ1v) is 3.28. The fourth-order valence-corrected chi connectivity index (χ4v) is 1.17. The van der Waals surface area contributed by atoms with E-state index in [0.29, 0.717) is 0 Å². The van der Waals surface area contributed by atoms with Crippen LogP contribution in [0.1, 0.15) is 6.42 Å². The Morgan fingerprint density at radius 1 is 1.56 bits per heavy atom. The van der Waals surface area contributed by atoms with Gasteiger partial charge in [0, 0.05) is 12.5 Å². The Morgan fingerprint density at radius 2 is 2.56 bits per heavy atom. The van der Waals surface area contributed by atoms with Crippen LogP contribution < -0.4 is 0 Å². The van der Waals surface area contributed by atoms with E-state index in [-0.39, 0.29) is 0 Å². The van der Waals surface area contributed by atoms with Crippen LogP contribution in [0.3, 0.4) is 0 Å². The molecule has 0 atom stereocenters. The molecule has 0 aromatic rings. The van der Waals surface area contributed by atoms with E-state index in [1.165, 1.54) is 0 Å². The van der Waals surface area contributed by atoms with Gasteiger partial charge in [-0.2, -0.15) is 0 Å². The standard InChI is InChI=1S/C7H9N2/c1-2-5-9-6-4-8-7(9)3-1/h1,3,6H,2,4-5H2/q+1. The van der Waals surface area contributed by atoms with Crippen molar-refractivity contribution in [3.05, 3.63) is 12.2 Å². The molecule has 2 aliphatic rings. The lowest BCUT2D eigenvalue weighted by molar-refractivity contribution is -0.399. The molecule has 2 heterocycles. The predicted molar refractivity (Wildman–Crippen MR) is 37.3 cm³/mol. The maximum atomic E-state index is 4.26. The van der Waals surface area contributed by atoms with Crippen molar-refractivity contribution in [2.45, 2.75) is 6.42 Å². The number of hydrogen-bond donors (Lipinski definition) is 0. The van der Waals surface area contributed by atoms with Gasteiger partial charge in [-0.05, 0) is 0 Å². The molecule has 2 heteroatoms. The van der Waals surface area contributed by atoms with Gasteiger partial charge in [0.15, 0.2) is 6.54 Å². The Kier molecular flexibility index (Phi) is 0.979. The second kappa shape index (κ2) is 1.79. The summed E-state index contributed by atoms with van der Waals surface area (Å²) in [4.78, 5) is 4.26. The lowest BCUT2D eigenvalue weighted by Gasteiger charge is -2.01. The van der Waals surface area contributed by atoms with Crippen molar-refractivity contribution in [2.75, 3.05) is 13.1 Å². The van der Waals surface area contributed by atoms with E-state index in [0.717, 1.165) is 25.3 Å². The van der Waals surface area contributed by atoms with E-state index in [9.17, 15) is 0 Å². The van der Waals surface area contributed by atoms with Gasteiger partial charge in [-0.1, -0.05) is 11.1 Å². The molecule has 0 spiro atoms. The van der Waals surface area contributed by atoms with Crippen LogP contribution in [0.4, 0.5) is 0 Å². The molecule has 0 unspecified atom stereocenters. The third-order valence-corrected chi connectivity index (χ3v) is 1.65. The van der Waals surface area contributed by atoms with Gasteiger partial charge >= 0.3 is 5.84 Å². The van der Waals surface area contributed by atoms with Crippen LogP contribution in [0, 0.1) is 0 Å². The zero-order chi connectivity index (χ0) is 6.10. The molecular weight excluding hydrogens is 112 g/mol. The molecule has 0 fully saturated rings. The quantitative estimate of drug-likeness (QED) is 0.413. The average Bonchev–Trinajstić information content (AvgIpc) is 2.33. The summed E-state index contributed by atoms with van der Waals surface area (Å²) in [7, 11) is 0. The molecule has 0 N–H and O–H groups in total. The van der Waals surface area contributed by atoms with E-state index < -0.39 is 0 Å². The van der Waals surface area contributed by atoms with Gasteiger partial charge in [-0.3, -0.25) is 0 Å². The minimum absolute atomic E-state index is 0.875. The Balaban J connectivity index is 2.39. The Morgan fingerprint density at radius 3 is 3.44 bits per heavy atom. The molecule has 0 saturated carbocycles. The second-order valence-corrected chi connectivity index (χ2v) is 2.27. The van der Waals surface area contributed by atoms with Crippen LogP contribution in [0.25, 0.3) is 0 Å². The van der Waals surface area contributed by atoms with Crippen LogP contribution in [0.5, 0.6) is 0 Å². The average molecular weight is 121 g/mol. The minimum atomic E-state index is 0.875. The topological polar surface area (TPSA) is 15.4 Å². The van der Waals surface area contributed by atoms with Gasteiger partial charge in [-0.15, -0.1) is 0 Å². The highest BCUT2D eigenvalue weighted by Crippen LogP contribution is 2.01. The van der Waals surface area contributed by atoms with Gasteiger partial charge in [0.25, 0.3) is 0 Å². The van der Waals surface area contributed by atoms with Gasteiger partial charge in [0.05, 0.1) is 6.54 Å². The Labute approximate surface area is 54.2 Å². The lowest BCUT2D eigenvalue weighted by Crippen LogP contribution is -2.20. The molecule has 0 amide bonds. The third-order valence-electron chi connectivity index (χ3n) is 1.65. The van der Waals surface area contributed by atoms with E-state index >= 15 is 0 Å². The summed E-state index contributed by atoms with van der Waals surface area (Å²) >= 11 is 0. The number of hydrogen-bond acceptors (Lipinski definition) is 1. The molecule has 0 aromatic heterocycles. The van der Waals surface area contributed by atoms with Crippen LogP contribution in [-0.4, -0.2) is 29.7 Å². The molecule has 0 bridgehead atoms. The number of nitrogens with zero attached hydrogens (tertiary/aromatic N) is 2. The molecule has 2 nitrogen and oxygen atoms in total. The largest absolute Gasteiger partial charge is 0.317 e. The summed E-state index contributed by atoms with van der Waals surface area (Å²) in [6, 6.07) is 0. The second-order valence-electron chi connectivity index (χ2n) is 2.27. The van der Waals surface area contributed by atoms with E-state index in [4.69, 9.17) is 0 Å². The summed E-state index contributed by atoms with van der Waals surface area (Å²) in [5, 5.41) is 0. The lowest BCUT2D eigenvalue weighted by atomic mass is 10.3. The predicted octanol–water partition coefficient (Wildman–Crippen LogP) is 0.442. The molecule has 0 aliphatic carbocycles. The number of amidine groups is 1. The molecule has 0 aromatic carbocycles. The maximum Gasteiger partial charge on any atom is 0.317 e. The molecule has 46 valence electrons. The molecule has 0 radical (unpaired) electrons. The van der Waals surface area contributed by atoms with E-state index in [1.807, 2.05) is 0 Å². The van der Waals surface area contributed by atoms with Gasteiger partial charge < -0.3 is 0 Å². The van der Waals surface area contributed by atoms with Crippen molar-refractivity contribution in [2.24, 2.45) is 4.99 Å². The van der Waals surface area contributed by atoms with E-state index in [2.05, 4.69) is 27.9 Å². The van der Waals surface area contributed by atoms with Gasteiger partial charge in [0.1, 0.15) is 6.21 Å².